The standard InChI is InChI=1S/C15H24F3N3/c1-3-19-14(10-13-7-8-21(2)20-13)11-5-4-6-12(9-11)15(16,17)18/h7-8,11-12,14,19H,3-6,9-10H2,1-2H3. The molecule has 1 fully saturated rings. The van der Waals surface area contributed by atoms with E-state index >= 15 is 0 Å². The molecule has 1 aromatic rings. The molecule has 3 nitrogen and oxygen atoms in total. The number of hydrogen-bond acceptors (Lipinski definition) is 2. The van der Waals surface area contributed by atoms with Gasteiger partial charge in [-0.2, -0.15) is 18.3 Å². The van der Waals surface area contributed by atoms with Crippen LogP contribution in [0.3, 0.4) is 0 Å². The first-order chi connectivity index (χ1) is 9.90. The molecule has 3 atom stereocenters. The lowest BCUT2D eigenvalue weighted by atomic mass is 9.76. The second-order valence-corrected chi connectivity index (χ2v) is 6.01. The van der Waals surface area contributed by atoms with Gasteiger partial charge in [-0.25, -0.2) is 0 Å². The molecule has 120 valence electrons. The third-order valence-electron chi connectivity index (χ3n) is 4.41. The number of hydrogen-bond donors (Lipinski definition) is 1. The van der Waals surface area contributed by atoms with Crippen LogP contribution in [0.5, 0.6) is 0 Å². The van der Waals surface area contributed by atoms with Crippen LogP contribution in [0.25, 0.3) is 0 Å². The van der Waals surface area contributed by atoms with Crippen molar-refractivity contribution in [2.24, 2.45) is 18.9 Å². The number of nitrogens with zero attached hydrogens (tertiary/aromatic N) is 2. The van der Waals surface area contributed by atoms with E-state index in [0.717, 1.165) is 18.7 Å². The van der Waals surface area contributed by atoms with Crippen molar-refractivity contribution in [2.45, 2.75) is 51.2 Å². The number of nitrogens with one attached hydrogen (secondary N) is 1. The third kappa shape index (κ3) is 4.46. The lowest BCUT2D eigenvalue weighted by Crippen LogP contribution is -2.42. The van der Waals surface area contributed by atoms with Crippen molar-refractivity contribution < 1.29 is 13.2 Å². The molecular weight excluding hydrogens is 279 g/mol. The maximum atomic E-state index is 13.0. The van der Waals surface area contributed by atoms with Crippen LogP contribution in [-0.2, 0) is 13.5 Å². The summed E-state index contributed by atoms with van der Waals surface area (Å²) in [6, 6.07) is 2.02. The molecule has 1 aliphatic rings. The van der Waals surface area contributed by atoms with E-state index in [9.17, 15) is 13.2 Å². The number of alkyl halides is 3. The quantitative estimate of drug-likeness (QED) is 0.904. The fourth-order valence-corrected chi connectivity index (χ4v) is 3.36. The minimum absolute atomic E-state index is 0.0762. The first-order valence-electron chi connectivity index (χ1n) is 7.68. The molecule has 2 rings (SSSR count). The van der Waals surface area contributed by atoms with Crippen molar-refractivity contribution in [1.82, 2.24) is 15.1 Å². The molecule has 0 bridgehead atoms. The SMILES string of the molecule is CCNC(Cc1ccn(C)n1)C1CCCC(C(F)(F)F)C1. The Hall–Kier alpha value is -1.04. The monoisotopic (exact) mass is 303 g/mol. The summed E-state index contributed by atoms with van der Waals surface area (Å²) in [7, 11) is 1.85. The summed E-state index contributed by atoms with van der Waals surface area (Å²) >= 11 is 0. The van der Waals surface area contributed by atoms with Gasteiger partial charge in [-0.1, -0.05) is 13.3 Å². The summed E-state index contributed by atoms with van der Waals surface area (Å²) in [5.41, 5.74) is 0.942. The summed E-state index contributed by atoms with van der Waals surface area (Å²) in [5, 5.41) is 7.72. The third-order valence-corrected chi connectivity index (χ3v) is 4.41. The maximum Gasteiger partial charge on any atom is 0.391 e. The van der Waals surface area contributed by atoms with Gasteiger partial charge in [0.25, 0.3) is 0 Å². The molecule has 0 aromatic carbocycles. The number of aromatic nitrogens is 2. The molecule has 1 aromatic heterocycles. The molecule has 0 aliphatic heterocycles. The van der Waals surface area contributed by atoms with Gasteiger partial charge in [0.05, 0.1) is 11.6 Å². The predicted molar refractivity (Wildman–Crippen MR) is 75.9 cm³/mol. The van der Waals surface area contributed by atoms with Gasteiger partial charge in [-0.15, -0.1) is 0 Å². The summed E-state index contributed by atoms with van der Waals surface area (Å²) in [5.74, 6) is -1.06. The molecule has 0 radical (unpaired) electrons. The zero-order valence-electron chi connectivity index (χ0n) is 12.7. The largest absolute Gasteiger partial charge is 0.391 e. The molecule has 0 amide bonds. The Bertz CT molecular complexity index is 442. The average Bonchev–Trinajstić information content (AvgIpc) is 2.83. The van der Waals surface area contributed by atoms with E-state index in [0.29, 0.717) is 12.8 Å². The van der Waals surface area contributed by atoms with Gasteiger partial charge in [0.15, 0.2) is 0 Å². The molecule has 0 saturated heterocycles. The zero-order valence-corrected chi connectivity index (χ0v) is 12.7. The fraction of sp³-hybridized carbons (Fsp3) is 0.800. The highest BCUT2D eigenvalue weighted by molar-refractivity contribution is 5.03. The second-order valence-electron chi connectivity index (χ2n) is 6.01. The first kappa shape index (κ1) is 16.3. The fourth-order valence-electron chi connectivity index (χ4n) is 3.36. The summed E-state index contributed by atoms with van der Waals surface area (Å²) in [6.45, 7) is 2.76. The van der Waals surface area contributed by atoms with E-state index < -0.39 is 12.1 Å². The Morgan fingerprint density at radius 1 is 1.43 bits per heavy atom. The summed E-state index contributed by atoms with van der Waals surface area (Å²) < 4.78 is 40.6. The van der Waals surface area contributed by atoms with Gasteiger partial charge >= 0.3 is 6.18 Å². The van der Waals surface area contributed by atoms with Crippen LogP contribution in [-0.4, -0.2) is 28.5 Å². The van der Waals surface area contributed by atoms with Crippen LogP contribution in [0.15, 0.2) is 12.3 Å². The highest BCUT2D eigenvalue weighted by Gasteiger charge is 2.43. The van der Waals surface area contributed by atoms with Crippen LogP contribution in [0.1, 0.15) is 38.3 Å². The number of rotatable bonds is 5. The van der Waals surface area contributed by atoms with Gasteiger partial charge in [-0.05, 0) is 37.8 Å². The van der Waals surface area contributed by atoms with Crippen molar-refractivity contribution in [3.05, 3.63) is 18.0 Å². The molecule has 1 N–H and O–H groups in total. The molecular formula is C15H24F3N3. The Morgan fingerprint density at radius 2 is 2.19 bits per heavy atom. The number of halogens is 3. The van der Waals surface area contributed by atoms with Gasteiger partial charge in [-0.3, -0.25) is 4.68 Å². The number of aryl methyl sites for hydroxylation is 1. The van der Waals surface area contributed by atoms with Crippen LogP contribution in [0, 0.1) is 11.8 Å². The van der Waals surface area contributed by atoms with Crippen molar-refractivity contribution in [2.75, 3.05) is 6.54 Å². The normalized spacial score (nSPS) is 25.0. The minimum Gasteiger partial charge on any atom is -0.314 e. The summed E-state index contributed by atoms with van der Waals surface area (Å²) in [6.07, 6.45) is 0.578. The Morgan fingerprint density at radius 3 is 2.76 bits per heavy atom. The zero-order chi connectivity index (χ0) is 15.5. The molecule has 1 aliphatic carbocycles. The highest BCUT2D eigenvalue weighted by Crippen LogP contribution is 2.41. The van der Waals surface area contributed by atoms with E-state index in [4.69, 9.17) is 0 Å². The van der Waals surface area contributed by atoms with E-state index in [1.54, 1.807) is 4.68 Å². The van der Waals surface area contributed by atoms with Gasteiger partial charge in [0.1, 0.15) is 0 Å². The van der Waals surface area contributed by atoms with Gasteiger partial charge in [0.2, 0.25) is 0 Å². The predicted octanol–water partition coefficient (Wildman–Crippen LogP) is 3.31. The Labute approximate surface area is 123 Å². The Kier molecular flexibility index (Phi) is 5.30. The van der Waals surface area contributed by atoms with E-state index in [2.05, 4.69) is 10.4 Å². The van der Waals surface area contributed by atoms with E-state index in [-0.39, 0.29) is 24.8 Å². The number of likely N-dealkylation sites (N-methyl/N-ethyl adjacent to an activating group) is 1. The highest BCUT2D eigenvalue weighted by atomic mass is 19.4. The van der Waals surface area contributed by atoms with Crippen LogP contribution >= 0.6 is 0 Å². The lowest BCUT2D eigenvalue weighted by Gasteiger charge is -2.35. The van der Waals surface area contributed by atoms with Crippen molar-refractivity contribution in [3.63, 3.8) is 0 Å². The molecule has 0 spiro atoms. The Balaban J connectivity index is 2.03. The van der Waals surface area contributed by atoms with Crippen LogP contribution in [0.4, 0.5) is 13.2 Å². The average molecular weight is 303 g/mol. The molecule has 21 heavy (non-hydrogen) atoms. The van der Waals surface area contributed by atoms with Crippen LogP contribution < -0.4 is 5.32 Å². The lowest BCUT2D eigenvalue weighted by molar-refractivity contribution is -0.186. The van der Waals surface area contributed by atoms with Crippen LogP contribution in [0.2, 0.25) is 0 Å². The van der Waals surface area contributed by atoms with E-state index in [1.807, 2.05) is 26.2 Å². The first-order valence-corrected chi connectivity index (χ1v) is 7.68. The minimum atomic E-state index is -4.06. The molecule has 1 heterocycles. The van der Waals surface area contributed by atoms with Crippen molar-refractivity contribution in [1.29, 1.82) is 0 Å². The summed E-state index contributed by atoms with van der Waals surface area (Å²) in [4.78, 5) is 0. The van der Waals surface area contributed by atoms with E-state index in [1.165, 1.54) is 0 Å². The topological polar surface area (TPSA) is 29.9 Å². The second kappa shape index (κ2) is 6.81. The van der Waals surface area contributed by atoms with Crippen molar-refractivity contribution in [3.8, 4) is 0 Å². The smallest absolute Gasteiger partial charge is 0.314 e. The molecule has 3 unspecified atom stereocenters. The van der Waals surface area contributed by atoms with Gasteiger partial charge < -0.3 is 5.32 Å². The van der Waals surface area contributed by atoms with Crippen molar-refractivity contribution >= 4 is 0 Å². The molecule has 1 saturated carbocycles. The van der Waals surface area contributed by atoms with Gasteiger partial charge in [0, 0.05) is 25.7 Å². The molecule has 6 heteroatoms. The maximum absolute atomic E-state index is 13.0.